The summed E-state index contributed by atoms with van der Waals surface area (Å²) in [5, 5.41) is 0. The minimum Gasteiger partial charge on any atom is -0.301 e. The van der Waals surface area contributed by atoms with E-state index in [9.17, 15) is 0 Å². The van der Waals surface area contributed by atoms with Crippen LogP contribution in [0, 0.1) is 11.8 Å². The van der Waals surface area contributed by atoms with Gasteiger partial charge in [-0.05, 0) is 13.5 Å². The average Bonchev–Trinajstić information content (AvgIpc) is 2.15. The zero-order chi connectivity index (χ0) is 8.81. The van der Waals surface area contributed by atoms with Gasteiger partial charge in [0.25, 0.3) is 0 Å². The molecule has 0 spiro atoms. The van der Waals surface area contributed by atoms with Gasteiger partial charge in [-0.3, -0.25) is 4.90 Å². The van der Waals surface area contributed by atoms with Crippen LogP contribution in [0.1, 0.15) is 13.8 Å². The number of rotatable bonds is 2. The zero-order valence-electron chi connectivity index (χ0n) is 8.14. The van der Waals surface area contributed by atoms with E-state index in [0.717, 1.165) is 6.54 Å². The molecule has 0 amide bonds. The normalized spacial score (nSPS) is 20.2. The summed E-state index contributed by atoms with van der Waals surface area (Å²) in [7, 11) is 0. The molecule has 0 aliphatic carbocycles. The van der Waals surface area contributed by atoms with Gasteiger partial charge in [-0.25, -0.2) is 0 Å². The average molecular weight is 166 g/mol. The first-order chi connectivity index (χ1) is 5.86. The summed E-state index contributed by atoms with van der Waals surface area (Å²) in [4.78, 5) is 4.90. The fourth-order valence-corrected chi connectivity index (χ4v) is 1.45. The first kappa shape index (κ1) is 9.57. The molecule has 1 rings (SSSR count). The van der Waals surface area contributed by atoms with Crippen molar-refractivity contribution < 1.29 is 0 Å². The Morgan fingerprint density at radius 1 is 1.08 bits per heavy atom. The summed E-state index contributed by atoms with van der Waals surface area (Å²) >= 11 is 0. The lowest BCUT2D eigenvalue weighted by molar-refractivity contribution is 0.149. The summed E-state index contributed by atoms with van der Waals surface area (Å²) in [5.41, 5.74) is 0. The van der Waals surface area contributed by atoms with E-state index in [4.69, 9.17) is 0 Å². The second-order valence-electron chi connectivity index (χ2n) is 3.14. The van der Waals surface area contributed by atoms with Gasteiger partial charge in [-0.2, -0.15) is 0 Å². The highest BCUT2D eigenvalue weighted by Crippen LogP contribution is 1.99. The molecule has 1 aliphatic rings. The fourth-order valence-electron chi connectivity index (χ4n) is 1.45. The first-order valence-electron chi connectivity index (χ1n) is 4.71. The van der Waals surface area contributed by atoms with Gasteiger partial charge < -0.3 is 4.90 Å². The molecule has 0 aromatic rings. The Kier molecular flexibility index (Phi) is 4.13. The number of piperazine rings is 1. The van der Waals surface area contributed by atoms with E-state index < -0.39 is 0 Å². The second-order valence-corrected chi connectivity index (χ2v) is 3.14. The van der Waals surface area contributed by atoms with Crippen molar-refractivity contribution in [1.29, 1.82) is 0 Å². The molecule has 2 nitrogen and oxygen atoms in total. The van der Waals surface area contributed by atoms with Crippen LogP contribution in [-0.2, 0) is 0 Å². The molecule has 0 radical (unpaired) electrons. The van der Waals surface area contributed by atoms with E-state index in [1.807, 2.05) is 6.92 Å². The molecule has 1 heterocycles. The number of nitrogens with zero attached hydrogens (tertiary/aromatic N) is 2. The van der Waals surface area contributed by atoms with Crippen molar-refractivity contribution in [1.82, 2.24) is 9.80 Å². The van der Waals surface area contributed by atoms with Gasteiger partial charge in [0.1, 0.15) is 0 Å². The van der Waals surface area contributed by atoms with Crippen LogP contribution in [0.5, 0.6) is 0 Å². The highest BCUT2D eigenvalue weighted by Gasteiger charge is 2.13. The first-order valence-corrected chi connectivity index (χ1v) is 4.71. The molecule has 2 heteroatoms. The maximum absolute atomic E-state index is 3.11. The van der Waals surface area contributed by atoms with Crippen LogP contribution >= 0.6 is 0 Å². The van der Waals surface area contributed by atoms with E-state index in [-0.39, 0.29) is 0 Å². The van der Waals surface area contributed by atoms with Crippen molar-refractivity contribution in [3.63, 3.8) is 0 Å². The molecule has 0 aromatic carbocycles. The van der Waals surface area contributed by atoms with Crippen molar-refractivity contribution in [2.45, 2.75) is 13.8 Å². The molecule has 12 heavy (non-hydrogen) atoms. The van der Waals surface area contributed by atoms with E-state index in [1.165, 1.54) is 32.7 Å². The standard InChI is InChI=1S/C10H18N2/c1-3-5-6-12-9-7-11(4-2)8-10-12/h4,6-10H2,1-2H3. The number of hydrogen-bond acceptors (Lipinski definition) is 2. The molecule has 68 valence electrons. The predicted molar refractivity (Wildman–Crippen MR) is 52.0 cm³/mol. The van der Waals surface area contributed by atoms with Gasteiger partial charge in [0.05, 0.1) is 6.54 Å². The van der Waals surface area contributed by atoms with Gasteiger partial charge in [0.2, 0.25) is 0 Å². The third-order valence-corrected chi connectivity index (χ3v) is 2.39. The van der Waals surface area contributed by atoms with Gasteiger partial charge in [0.15, 0.2) is 0 Å². The largest absolute Gasteiger partial charge is 0.301 e. The Morgan fingerprint density at radius 3 is 2.17 bits per heavy atom. The minimum absolute atomic E-state index is 0.952. The van der Waals surface area contributed by atoms with Crippen LogP contribution in [0.15, 0.2) is 0 Å². The molecule has 0 N–H and O–H groups in total. The topological polar surface area (TPSA) is 6.48 Å². The molecule has 0 saturated carbocycles. The Balaban J connectivity index is 2.20. The lowest BCUT2D eigenvalue weighted by atomic mass is 10.3. The highest BCUT2D eigenvalue weighted by atomic mass is 15.2. The summed E-state index contributed by atoms with van der Waals surface area (Å²) in [5.74, 6) is 6.04. The van der Waals surface area contributed by atoms with Crippen LogP contribution in [0.4, 0.5) is 0 Å². The lowest BCUT2D eigenvalue weighted by Gasteiger charge is -2.32. The lowest BCUT2D eigenvalue weighted by Crippen LogP contribution is -2.46. The van der Waals surface area contributed by atoms with Crippen molar-refractivity contribution in [2.24, 2.45) is 0 Å². The quantitative estimate of drug-likeness (QED) is 0.556. The fraction of sp³-hybridized carbons (Fsp3) is 0.800. The molecule has 1 saturated heterocycles. The van der Waals surface area contributed by atoms with E-state index in [1.54, 1.807) is 0 Å². The monoisotopic (exact) mass is 166 g/mol. The maximum Gasteiger partial charge on any atom is 0.0602 e. The Labute approximate surface area is 75.5 Å². The minimum atomic E-state index is 0.952. The smallest absolute Gasteiger partial charge is 0.0602 e. The highest BCUT2D eigenvalue weighted by molar-refractivity contribution is 4.98. The van der Waals surface area contributed by atoms with E-state index in [0.29, 0.717) is 0 Å². The van der Waals surface area contributed by atoms with Gasteiger partial charge >= 0.3 is 0 Å². The van der Waals surface area contributed by atoms with Gasteiger partial charge in [-0.1, -0.05) is 12.8 Å². The Morgan fingerprint density at radius 2 is 1.67 bits per heavy atom. The molecule has 0 unspecified atom stereocenters. The van der Waals surface area contributed by atoms with Crippen molar-refractivity contribution in [3.8, 4) is 11.8 Å². The predicted octanol–water partition coefficient (Wildman–Crippen LogP) is 0.647. The van der Waals surface area contributed by atoms with Crippen LogP contribution in [-0.4, -0.2) is 49.1 Å². The van der Waals surface area contributed by atoms with Crippen LogP contribution < -0.4 is 0 Å². The van der Waals surface area contributed by atoms with Crippen LogP contribution in [0.3, 0.4) is 0 Å². The number of hydrogen-bond donors (Lipinski definition) is 0. The summed E-state index contributed by atoms with van der Waals surface area (Å²) in [6.45, 7) is 11.1. The molecule has 1 fully saturated rings. The van der Waals surface area contributed by atoms with Crippen molar-refractivity contribution >= 4 is 0 Å². The van der Waals surface area contributed by atoms with Crippen LogP contribution in [0.25, 0.3) is 0 Å². The maximum atomic E-state index is 3.11. The third kappa shape index (κ3) is 2.84. The van der Waals surface area contributed by atoms with E-state index >= 15 is 0 Å². The summed E-state index contributed by atoms with van der Waals surface area (Å²) < 4.78 is 0. The van der Waals surface area contributed by atoms with Crippen molar-refractivity contribution in [2.75, 3.05) is 39.3 Å². The van der Waals surface area contributed by atoms with E-state index in [2.05, 4.69) is 28.6 Å². The van der Waals surface area contributed by atoms with Gasteiger partial charge in [0, 0.05) is 26.2 Å². The Hall–Kier alpha value is -0.520. The summed E-state index contributed by atoms with van der Waals surface area (Å²) in [6.07, 6.45) is 0. The molecule has 0 aromatic heterocycles. The van der Waals surface area contributed by atoms with Crippen LogP contribution in [0.2, 0.25) is 0 Å². The molecule has 1 aliphatic heterocycles. The zero-order valence-corrected chi connectivity index (χ0v) is 8.14. The summed E-state index contributed by atoms with van der Waals surface area (Å²) in [6, 6.07) is 0. The van der Waals surface area contributed by atoms with Gasteiger partial charge in [-0.15, -0.1) is 5.92 Å². The molecular weight excluding hydrogens is 148 g/mol. The van der Waals surface area contributed by atoms with Crippen molar-refractivity contribution in [3.05, 3.63) is 0 Å². The third-order valence-electron chi connectivity index (χ3n) is 2.39. The second kappa shape index (κ2) is 5.18. The molecular formula is C10H18N2. The Bertz CT molecular complexity index is 170. The molecule has 0 atom stereocenters. The SMILES string of the molecule is CC#CCN1CCN(CC)CC1. The molecule has 0 bridgehead atoms. The number of likely N-dealkylation sites (N-methyl/N-ethyl adjacent to an activating group) is 1.